The highest BCUT2D eigenvalue weighted by Gasteiger charge is 2.25. The van der Waals surface area contributed by atoms with E-state index in [4.69, 9.17) is 0 Å². The summed E-state index contributed by atoms with van der Waals surface area (Å²) in [6.07, 6.45) is 5.44. The molecular formula is C15H16N2O2. The molecule has 1 aromatic heterocycles. The minimum atomic E-state index is -0.435. The number of benzene rings is 1. The lowest BCUT2D eigenvalue weighted by Crippen LogP contribution is -2.40. The molecule has 0 N–H and O–H groups in total. The SMILES string of the molecule is Cc1ccc(Cn2ccn(C3CC3)c(=O)c2=O)cc1. The van der Waals surface area contributed by atoms with E-state index in [1.165, 1.54) is 10.1 Å². The van der Waals surface area contributed by atoms with E-state index in [9.17, 15) is 9.59 Å². The van der Waals surface area contributed by atoms with Gasteiger partial charge in [0.05, 0.1) is 6.54 Å². The van der Waals surface area contributed by atoms with Gasteiger partial charge in [-0.1, -0.05) is 29.8 Å². The summed E-state index contributed by atoms with van der Waals surface area (Å²) in [5, 5.41) is 0. The lowest BCUT2D eigenvalue weighted by Gasteiger charge is -2.08. The van der Waals surface area contributed by atoms with Crippen LogP contribution in [-0.2, 0) is 6.54 Å². The Morgan fingerprint density at radius 3 is 2.37 bits per heavy atom. The molecule has 1 heterocycles. The van der Waals surface area contributed by atoms with Crippen LogP contribution in [0.4, 0.5) is 0 Å². The Morgan fingerprint density at radius 2 is 1.74 bits per heavy atom. The lowest BCUT2D eigenvalue weighted by molar-refractivity contribution is 0.640. The highest BCUT2D eigenvalue weighted by Crippen LogP contribution is 2.32. The highest BCUT2D eigenvalue weighted by atomic mass is 16.2. The molecule has 0 amide bonds. The van der Waals surface area contributed by atoms with Crippen LogP contribution in [0.3, 0.4) is 0 Å². The number of nitrogens with zero attached hydrogens (tertiary/aromatic N) is 2. The van der Waals surface area contributed by atoms with Gasteiger partial charge in [-0.25, -0.2) is 0 Å². The normalized spacial score (nSPS) is 14.6. The molecule has 1 aromatic carbocycles. The average Bonchev–Trinajstić information content (AvgIpc) is 3.22. The molecule has 0 saturated heterocycles. The minimum absolute atomic E-state index is 0.245. The van der Waals surface area contributed by atoms with Crippen molar-refractivity contribution in [2.75, 3.05) is 0 Å². The van der Waals surface area contributed by atoms with Crippen LogP contribution in [0.15, 0.2) is 46.2 Å². The van der Waals surface area contributed by atoms with Gasteiger partial charge in [0.2, 0.25) is 0 Å². The molecule has 98 valence electrons. The first-order chi connectivity index (χ1) is 9.15. The summed E-state index contributed by atoms with van der Waals surface area (Å²) < 4.78 is 3.04. The Kier molecular flexibility index (Phi) is 2.85. The molecule has 2 aromatic rings. The van der Waals surface area contributed by atoms with E-state index in [0.717, 1.165) is 18.4 Å². The Balaban J connectivity index is 1.93. The predicted octanol–water partition coefficient (Wildman–Crippen LogP) is 1.70. The second-order valence-electron chi connectivity index (χ2n) is 5.16. The van der Waals surface area contributed by atoms with Crippen molar-refractivity contribution in [2.45, 2.75) is 32.4 Å². The van der Waals surface area contributed by atoms with E-state index in [1.807, 2.05) is 31.2 Å². The molecule has 3 rings (SSSR count). The van der Waals surface area contributed by atoms with Gasteiger partial charge in [0, 0.05) is 18.4 Å². The van der Waals surface area contributed by atoms with Crippen LogP contribution in [0.2, 0.25) is 0 Å². The summed E-state index contributed by atoms with van der Waals surface area (Å²) in [6.45, 7) is 2.46. The van der Waals surface area contributed by atoms with Crippen molar-refractivity contribution in [1.29, 1.82) is 0 Å². The number of rotatable bonds is 3. The zero-order chi connectivity index (χ0) is 13.4. The molecule has 0 bridgehead atoms. The number of aromatic nitrogens is 2. The maximum Gasteiger partial charge on any atom is 0.316 e. The van der Waals surface area contributed by atoms with Crippen LogP contribution in [0, 0.1) is 6.92 Å². The molecule has 4 heteroatoms. The number of hydrogen-bond acceptors (Lipinski definition) is 2. The van der Waals surface area contributed by atoms with Gasteiger partial charge in [0.15, 0.2) is 0 Å². The molecule has 0 unspecified atom stereocenters. The van der Waals surface area contributed by atoms with Crippen LogP contribution in [-0.4, -0.2) is 9.13 Å². The summed E-state index contributed by atoms with van der Waals surface area (Å²) >= 11 is 0. The maximum atomic E-state index is 12.0. The fraction of sp³-hybridized carbons (Fsp3) is 0.333. The molecule has 1 aliphatic rings. The summed E-state index contributed by atoms with van der Waals surface area (Å²) in [7, 11) is 0. The lowest BCUT2D eigenvalue weighted by atomic mass is 10.1. The van der Waals surface area contributed by atoms with Crippen LogP contribution in [0.1, 0.15) is 30.0 Å². The maximum absolute atomic E-state index is 12.0. The van der Waals surface area contributed by atoms with Gasteiger partial charge < -0.3 is 9.13 Å². The fourth-order valence-electron chi connectivity index (χ4n) is 2.18. The van der Waals surface area contributed by atoms with Crippen molar-refractivity contribution < 1.29 is 0 Å². The first-order valence-electron chi connectivity index (χ1n) is 6.52. The van der Waals surface area contributed by atoms with Gasteiger partial charge in [-0.15, -0.1) is 0 Å². The molecule has 1 fully saturated rings. The van der Waals surface area contributed by atoms with Gasteiger partial charge in [0.25, 0.3) is 0 Å². The van der Waals surface area contributed by atoms with Crippen molar-refractivity contribution in [1.82, 2.24) is 9.13 Å². The van der Waals surface area contributed by atoms with Crippen LogP contribution < -0.4 is 11.1 Å². The topological polar surface area (TPSA) is 44.0 Å². The van der Waals surface area contributed by atoms with Crippen molar-refractivity contribution in [2.24, 2.45) is 0 Å². The van der Waals surface area contributed by atoms with Crippen LogP contribution >= 0.6 is 0 Å². The van der Waals surface area contributed by atoms with E-state index in [2.05, 4.69) is 0 Å². The Labute approximate surface area is 110 Å². The molecule has 0 aliphatic heterocycles. The quantitative estimate of drug-likeness (QED) is 0.785. The van der Waals surface area contributed by atoms with Crippen molar-refractivity contribution in [3.05, 3.63) is 68.5 Å². The molecule has 0 radical (unpaired) electrons. The number of aryl methyl sites for hydroxylation is 1. The van der Waals surface area contributed by atoms with E-state index < -0.39 is 11.1 Å². The number of hydrogen-bond donors (Lipinski definition) is 0. The smallest absolute Gasteiger partial charge is 0.306 e. The molecule has 1 saturated carbocycles. The van der Waals surface area contributed by atoms with E-state index in [-0.39, 0.29) is 6.04 Å². The Hall–Kier alpha value is -2.10. The summed E-state index contributed by atoms with van der Waals surface area (Å²) in [5.41, 5.74) is 1.36. The van der Waals surface area contributed by atoms with E-state index in [0.29, 0.717) is 6.54 Å². The zero-order valence-corrected chi connectivity index (χ0v) is 10.9. The molecule has 4 nitrogen and oxygen atoms in total. The van der Waals surface area contributed by atoms with Crippen LogP contribution in [0.25, 0.3) is 0 Å². The second kappa shape index (κ2) is 4.53. The van der Waals surface area contributed by atoms with Gasteiger partial charge in [-0.2, -0.15) is 0 Å². The molecular weight excluding hydrogens is 240 g/mol. The Bertz CT molecular complexity index is 706. The standard InChI is InChI=1S/C15H16N2O2/c1-11-2-4-12(5-3-11)10-16-8-9-17(13-6-7-13)15(19)14(16)18/h2-5,8-9,13H,6-7,10H2,1H3. The fourth-order valence-corrected chi connectivity index (χ4v) is 2.18. The third kappa shape index (κ3) is 2.38. The summed E-state index contributed by atoms with van der Waals surface area (Å²) in [4.78, 5) is 24.0. The largest absolute Gasteiger partial charge is 0.316 e. The van der Waals surface area contributed by atoms with Gasteiger partial charge >= 0.3 is 11.1 Å². The van der Waals surface area contributed by atoms with Crippen molar-refractivity contribution in [3.8, 4) is 0 Å². The minimum Gasteiger partial charge on any atom is -0.306 e. The third-order valence-corrected chi connectivity index (χ3v) is 3.50. The predicted molar refractivity (Wildman–Crippen MR) is 73.5 cm³/mol. The summed E-state index contributed by atoms with van der Waals surface area (Å²) in [6, 6.07) is 8.22. The zero-order valence-electron chi connectivity index (χ0n) is 10.9. The second-order valence-corrected chi connectivity index (χ2v) is 5.16. The van der Waals surface area contributed by atoms with Gasteiger partial charge in [-0.3, -0.25) is 9.59 Å². The highest BCUT2D eigenvalue weighted by molar-refractivity contribution is 5.21. The van der Waals surface area contributed by atoms with E-state index >= 15 is 0 Å². The first-order valence-corrected chi connectivity index (χ1v) is 6.52. The molecule has 0 spiro atoms. The molecule has 1 aliphatic carbocycles. The van der Waals surface area contributed by atoms with Crippen molar-refractivity contribution in [3.63, 3.8) is 0 Å². The average molecular weight is 256 g/mol. The Morgan fingerprint density at radius 1 is 1.05 bits per heavy atom. The van der Waals surface area contributed by atoms with Gasteiger partial charge in [0.1, 0.15) is 0 Å². The third-order valence-electron chi connectivity index (χ3n) is 3.50. The van der Waals surface area contributed by atoms with E-state index in [1.54, 1.807) is 17.0 Å². The monoisotopic (exact) mass is 256 g/mol. The molecule has 19 heavy (non-hydrogen) atoms. The van der Waals surface area contributed by atoms with Gasteiger partial charge in [-0.05, 0) is 25.3 Å². The molecule has 0 atom stereocenters. The first kappa shape index (κ1) is 12.0. The summed E-state index contributed by atoms with van der Waals surface area (Å²) in [5.74, 6) is 0. The van der Waals surface area contributed by atoms with Crippen LogP contribution in [0.5, 0.6) is 0 Å². The van der Waals surface area contributed by atoms with Crippen molar-refractivity contribution >= 4 is 0 Å².